The third-order valence-corrected chi connectivity index (χ3v) is 6.99. The molecule has 0 saturated carbocycles. The maximum atomic E-state index is 14.6. The lowest BCUT2D eigenvalue weighted by Crippen LogP contribution is -2.40. The van der Waals surface area contributed by atoms with Gasteiger partial charge in [0.25, 0.3) is 0 Å². The fourth-order valence-corrected chi connectivity index (χ4v) is 4.89. The molecule has 3 heterocycles. The molecule has 3 aromatic rings. The van der Waals surface area contributed by atoms with Crippen molar-refractivity contribution in [1.82, 2.24) is 19.7 Å². The summed E-state index contributed by atoms with van der Waals surface area (Å²) in [4.78, 5) is 27.2. The number of aromatic nitrogens is 3. The van der Waals surface area contributed by atoms with Crippen molar-refractivity contribution in [3.05, 3.63) is 71.8 Å². The van der Waals surface area contributed by atoms with Gasteiger partial charge in [-0.2, -0.15) is 0 Å². The van der Waals surface area contributed by atoms with Crippen molar-refractivity contribution in [3.63, 3.8) is 0 Å². The lowest BCUT2D eigenvalue weighted by molar-refractivity contribution is -0.130. The average Bonchev–Trinajstić information content (AvgIpc) is 3.17. The summed E-state index contributed by atoms with van der Waals surface area (Å²) in [6, 6.07) is 14.3. The second-order valence-electron chi connectivity index (χ2n) is 9.43. The number of fused-ring (bicyclic) bond motifs is 1. The number of benzene rings is 2. The second-order valence-corrected chi connectivity index (χ2v) is 9.43. The molecule has 8 heteroatoms. The van der Waals surface area contributed by atoms with Crippen molar-refractivity contribution < 1.29 is 14.0 Å². The molecule has 0 aliphatic carbocycles. The fourth-order valence-electron chi connectivity index (χ4n) is 4.89. The summed E-state index contributed by atoms with van der Waals surface area (Å²) >= 11 is 0. The Morgan fingerprint density at radius 2 is 1.78 bits per heavy atom. The molecule has 36 heavy (non-hydrogen) atoms. The molecule has 2 aromatic carbocycles. The van der Waals surface area contributed by atoms with Gasteiger partial charge < -0.3 is 14.8 Å². The summed E-state index contributed by atoms with van der Waals surface area (Å²) in [7, 11) is 0. The van der Waals surface area contributed by atoms with E-state index in [4.69, 9.17) is 0 Å². The van der Waals surface area contributed by atoms with E-state index in [2.05, 4.69) is 20.1 Å². The number of halogens is 1. The zero-order valence-electron chi connectivity index (χ0n) is 20.2. The number of carbonyl (C=O) groups excluding carboxylic acids is 2. The summed E-state index contributed by atoms with van der Waals surface area (Å²) in [5.41, 5.74) is 1.84. The van der Waals surface area contributed by atoms with Gasteiger partial charge in [-0.25, -0.2) is 4.39 Å². The van der Waals surface area contributed by atoms with Crippen LogP contribution in [0.2, 0.25) is 0 Å². The van der Waals surface area contributed by atoms with E-state index in [-0.39, 0.29) is 23.4 Å². The first kappa shape index (κ1) is 23.9. The first-order chi connectivity index (χ1) is 17.6. The Morgan fingerprint density at radius 1 is 0.972 bits per heavy atom. The summed E-state index contributed by atoms with van der Waals surface area (Å²) < 4.78 is 16.7. The highest BCUT2D eigenvalue weighted by Gasteiger charge is 2.27. The van der Waals surface area contributed by atoms with Crippen molar-refractivity contribution in [1.29, 1.82) is 0 Å². The van der Waals surface area contributed by atoms with Gasteiger partial charge in [0, 0.05) is 43.6 Å². The standard InChI is InChI=1S/C28H30FN5O2/c29-23-12-11-22(27-32-31-25-9-5-2-6-16-34(25)27)19-24(23)30-28(36)21-14-17-33(18-15-21)26(35)13-10-20-7-3-1-4-8-20/h1,3-4,7-8,10-13,19,21H,2,5-6,9,14-18H2,(H,30,36). The lowest BCUT2D eigenvalue weighted by atomic mass is 9.95. The van der Waals surface area contributed by atoms with E-state index in [1.165, 1.54) is 6.07 Å². The Hall–Kier alpha value is -3.81. The lowest BCUT2D eigenvalue weighted by Gasteiger charge is -2.30. The highest BCUT2D eigenvalue weighted by Crippen LogP contribution is 2.28. The number of aryl methyl sites for hydroxylation is 1. The normalized spacial score (nSPS) is 16.5. The highest BCUT2D eigenvalue weighted by atomic mass is 19.1. The molecule has 7 nitrogen and oxygen atoms in total. The number of likely N-dealkylation sites (tertiary alicyclic amines) is 1. The number of amides is 2. The monoisotopic (exact) mass is 487 g/mol. The van der Waals surface area contributed by atoms with Crippen molar-refractivity contribution >= 4 is 23.6 Å². The molecular weight excluding hydrogens is 457 g/mol. The molecule has 1 aromatic heterocycles. The SMILES string of the molecule is O=C(Nc1cc(-c2nnc3n2CCCCC3)ccc1F)C1CCN(C(=O)C=Cc2ccccc2)CC1. The van der Waals surface area contributed by atoms with Gasteiger partial charge in [0.05, 0.1) is 5.69 Å². The molecule has 0 bridgehead atoms. The molecule has 0 radical (unpaired) electrons. The Balaban J connectivity index is 1.20. The Bertz CT molecular complexity index is 1260. The van der Waals surface area contributed by atoms with Crippen LogP contribution in [0.3, 0.4) is 0 Å². The molecule has 1 N–H and O–H groups in total. The van der Waals surface area contributed by atoms with E-state index in [0.717, 1.165) is 49.2 Å². The smallest absolute Gasteiger partial charge is 0.246 e. The van der Waals surface area contributed by atoms with Gasteiger partial charge in [-0.15, -0.1) is 10.2 Å². The van der Waals surface area contributed by atoms with Gasteiger partial charge >= 0.3 is 0 Å². The third kappa shape index (κ3) is 5.37. The Morgan fingerprint density at radius 3 is 2.58 bits per heavy atom. The predicted molar refractivity (Wildman–Crippen MR) is 136 cm³/mol. The van der Waals surface area contributed by atoms with Crippen LogP contribution in [0, 0.1) is 11.7 Å². The quantitative estimate of drug-likeness (QED) is 0.529. The number of piperidine rings is 1. The van der Waals surface area contributed by atoms with E-state index >= 15 is 0 Å². The van der Waals surface area contributed by atoms with Crippen LogP contribution in [0.1, 0.15) is 43.5 Å². The third-order valence-electron chi connectivity index (χ3n) is 6.99. The van der Waals surface area contributed by atoms with Crippen molar-refractivity contribution in [2.45, 2.75) is 45.1 Å². The topological polar surface area (TPSA) is 80.1 Å². The number of hydrogen-bond acceptors (Lipinski definition) is 4. The van der Waals surface area contributed by atoms with E-state index in [9.17, 15) is 14.0 Å². The van der Waals surface area contributed by atoms with Crippen LogP contribution in [0.4, 0.5) is 10.1 Å². The average molecular weight is 488 g/mol. The van der Waals surface area contributed by atoms with Crippen LogP contribution >= 0.6 is 0 Å². The molecule has 2 amide bonds. The molecule has 186 valence electrons. The minimum Gasteiger partial charge on any atom is -0.339 e. The maximum absolute atomic E-state index is 14.6. The molecule has 0 atom stereocenters. The molecule has 0 spiro atoms. The zero-order valence-corrected chi connectivity index (χ0v) is 20.2. The number of hydrogen-bond donors (Lipinski definition) is 1. The maximum Gasteiger partial charge on any atom is 0.246 e. The molecule has 0 unspecified atom stereocenters. The minimum absolute atomic E-state index is 0.0658. The second kappa shape index (κ2) is 10.8. The highest BCUT2D eigenvalue weighted by molar-refractivity contribution is 5.94. The molecule has 1 saturated heterocycles. The van der Waals surface area contributed by atoms with Crippen LogP contribution in [0.15, 0.2) is 54.6 Å². The van der Waals surface area contributed by atoms with E-state index in [0.29, 0.717) is 31.8 Å². The predicted octanol–water partition coefficient (Wildman–Crippen LogP) is 4.70. The van der Waals surface area contributed by atoms with Crippen LogP contribution < -0.4 is 5.32 Å². The first-order valence-corrected chi connectivity index (χ1v) is 12.6. The van der Waals surface area contributed by atoms with E-state index < -0.39 is 5.82 Å². The van der Waals surface area contributed by atoms with Gasteiger partial charge in [0.2, 0.25) is 11.8 Å². The van der Waals surface area contributed by atoms with Crippen LogP contribution in [0.25, 0.3) is 17.5 Å². The number of nitrogens with one attached hydrogen (secondary N) is 1. The molecule has 2 aliphatic heterocycles. The molecule has 2 aliphatic rings. The number of carbonyl (C=O) groups is 2. The van der Waals surface area contributed by atoms with Gasteiger partial charge in [0.1, 0.15) is 11.6 Å². The van der Waals surface area contributed by atoms with Crippen LogP contribution in [0.5, 0.6) is 0 Å². The largest absolute Gasteiger partial charge is 0.339 e. The van der Waals surface area contributed by atoms with Gasteiger partial charge in [-0.1, -0.05) is 36.8 Å². The zero-order chi connectivity index (χ0) is 24.9. The van der Waals surface area contributed by atoms with Crippen molar-refractivity contribution in [2.75, 3.05) is 18.4 Å². The molecular formula is C28H30FN5O2. The van der Waals surface area contributed by atoms with Crippen LogP contribution in [-0.4, -0.2) is 44.6 Å². The van der Waals surface area contributed by atoms with Gasteiger partial charge in [0.15, 0.2) is 5.82 Å². The van der Waals surface area contributed by atoms with Gasteiger partial charge in [-0.3, -0.25) is 9.59 Å². The number of nitrogens with zero attached hydrogens (tertiary/aromatic N) is 4. The minimum atomic E-state index is -0.485. The summed E-state index contributed by atoms with van der Waals surface area (Å²) in [5.74, 6) is 0.609. The van der Waals surface area contributed by atoms with Crippen molar-refractivity contribution in [2.24, 2.45) is 5.92 Å². The van der Waals surface area contributed by atoms with Crippen LogP contribution in [-0.2, 0) is 22.6 Å². The Kier molecular flexibility index (Phi) is 7.21. The van der Waals surface area contributed by atoms with Gasteiger partial charge in [-0.05, 0) is 55.5 Å². The summed E-state index contributed by atoms with van der Waals surface area (Å²) in [6.07, 6.45) is 8.64. The molecule has 5 rings (SSSR count). The molecule has 1 fully saturated rings. The summed E-state index contributed by atoms with van der Waals surface area (Å²) in [5, 5.41) is 11.4. The van der Waals surface area contributed by atoms with Crippen molar-refractivity contribution in [3.8, 4) is 11.4 Å². The van der Waals surface area contributed by atoms with E-state index in [1.54, 1.807) is 29.2 Å². The number of anilines is 1. The van der Waals surface area contributed by atoms with E-state index in [1.807, 2.05) is 30.3 Å². The number of rotatable bonds is 5. The Labute approximate surface area is 210 Å². The fraction of sp³-hybridized carbons (Fsp3) is 0.357. The first-order valence-electron chi connectivity index (χ1n) is 12.6. The summed E-state index contributed by atoms with van der Waals surface area (Å²) in [6.45, 7) is 1.82.